The predicted octanol–water partition coefficient (Wildman–Crippen LogP) is 2.07. The molecule has 0 aliphatic heterocycles. The van der Waals surface area contributed by atoms with E-state index in [0.29, 0.717) is 6.42 Å². The maximum absolute atomic E-state index is 12.7. The second kappa shape index (κ2) is 7.62. The first-order valence-corrected chi connectivity index (χ1v) is 6.55. The van der Waals surface area contributed by atoms with Crippen molar-refractivity contribution >= 4 is 11.9 Å². The minimum Gasteiger partial charge on any atom is -0.467 e. The number of hydrogen-bond acceptors (Lipinski definition) is 3. The molecule has 5 heteroatoms. The number of methoxy groups -OCH3 is 1. The topological polar surface area (TPSA) is 55.4 Å². The summed E-state index contributed by atoms with van der Waals surface area (Å²) in [5.41, 5.74) is 0.876. The fourth-order valence-corrected chi connectivity index (χ4v) is 1.78. The summed E-state index contributed by atoms with van der Waals surface area (Å²) in [4.78, 5) is 23.3. The van der Waals surface area contributed by atoms with Crippen LogP contribution < -0.4 is 5.32 Å². The Labute approximate surface area is 118 Å². The third-order valence-corrected chi connectivity index (χ3v) is 2.99. The van der Waals surface area contributed by atoms with Gasteiger partial charge in [0.25, 0.3) is 0 Å². The number of halogens is 1. The second-order valence-electron chi connectivity index (χ2n) is 4.94. The SMILES string of the molecule is COC(=O)C(NC(=O)CCc1ccc(F)cc1)C(C)C. The van der Waals surface area contributed by atoms with E-state index in [-0.39, 0.29) is 24.1 Å². The highest BCUT2D eigenvalue weighted by molar-refractivity contribution is 5.84. The lowest BCUT2D eigenvalue weighted by Crippen LogP contribution is -2.45. The number of esters is 1. The molecule has 0 saturated heterocycles. The molecule has 0 spiro atoms. The van der Waals surface area contributed by atoms with Gasteiger partial charge in [0.1, 0.15) is 11.9 Å². The van der Waals surface area contributed by atoms with Gasteiger partial charge in [-0.25, -0.2) is 9.18 Å². The Bertz CT molecular complexity index is 457. The zero-order valence-electron chi connectivity index (χ0n) is 12.0. The quantitative estimate of drug-likeness (QED) is 0.812. The summed E-state index contributed by atoms with van der Waals surface area (Å²) in [6, 6.07) is 5.36. The van der Waals surface area contributed by atoms with Crippen LogP contribution in [0.3, 0.4) is 0 Å². The van der Waals surface area contributed by atoms with Gasteiger partial charge in [0.15, 0.2) is 0 Å². The number of carbonyl (C=O) groups is 2. The van der Waals surface area contributed by atoms with Crippen LogP contribution in [-0.2, 0) is 20.7 Å². The Morgan fingerprint density at radius 1 is 1.25 bits per heavy atom. The maximum Gasteiger partial charge on any atom is 0.328 e. The standard InChI is InChI=1S/C15H20FNO3/c1-10(2)14(15(19)20-3)17-13(18)9-6-11-4-7-12(16)8-5-11/h4-5,7-8,10,14H,6,9H2,1-3H3,(H,17,18). The molecule has 1 aromatic carbocycles. The summed E-state index contributed by atoms with van der Waals surface area (Å²) >= 11 is 0. The molecule has 0 fully saturated rings. The summed E-state index contributed by atoms with van der Waals surface area (Å²) in [7, 11) is 1.29. The lowest BCUT2D eigenvalue weighted by molar-refractivity contribution is -0.146. The van der Waals surface area contributed by atoms with Gasteiger partial charge in [-0.15, -0.1) is 0 Å². The molecule has 20 heavy (non-hydrogen) atoms. The monoisotopic (exact) mass is 281 g/mol. The van der Waals surface area contributed by atoms with E-state index < -0.39 is 12.0 Å². The molecule has 0 heterocycles. The lowest BCUT2D eigenvalue weighted by atomic mass is 10.0. The van der Waals surface area contributed by atoms with Crippen LogP contribution in [0.2, 0.25) is 0 Å². The predicted molar refractivity (Wildman–Crippen MR) is 73.5 cm³/mol. The number of carbonyl (C=O) groups excluding carboxylic acids is 2. The first kappa shape index (κ1) is 16.1. The van der Waals surface area contributed by atoms with Gasteiger partial charge in [0, 0.05) is 6.42 Å². The molecule has 0 saturated carbocycles. The average Bonchev–Trinajstić information content (AvgIpc) is 2.43. The van der Waals surface area contributed by atoms with Crippen molar-refractivity contribution < 1.29 is 18.7 Å². The van der Waals surface area contributed by atoms with Crippen molar-refractivity contribution in [3.8, 4) is 0 Å². The number of ether oxygens (including phenoxy) is 1. The molecular formula is C15H20FNO3. The number of hydrogen-bond donors (Lipinski definition) is 1. The van der Waals surface area contributed by atoms with E-state index in [1.165, 1.54) is 19.2 Å². The highest BCUT2D eigenvalue weighted by Gasteiger charge is 2.24. The minimum absolute atomic E-state index is 0.0442. The van der Waals surface area contributed by atoms with Crippen LogP contribution in [0.25, 0.3) is 0 Å². The summed E-state index contributed by atoms with van der Waals surface area (Å²) in [6.07, 6.45) is 0.740. The number of aryl methyl sites for hydroxylation is 1. The summed E-state index contributed by atoms with van der Waals surface area (Å²) in [6.45, 7) is 3.67. The molecule has 1 aromatic rings. The van der Waals surface area contributed by atoms with Crippen molar-refractivity contribution in [2.75, 3.05) is 7.11 Å². The summed E-state index contributed by atoms with van der Waals surface area (Å²) in [5, 5.41) is 2.66. The van der Waals surface area contributed by atoms with E-state index in [1.54, 1.807) is 12.1 Å². The lowest BCUT2D eigenvalue weighted by Gasteiger charge is -2.19. The molecular weight excluding hydrogens is 261 g/mol. The number of rotatable bonds is 6. The van der Waals surface area contributed by atoms with E-state index >= 15 is 0 Å². The van der Waals surface area contributed by atoms with Crippen LogP contribution in [0.4, 0.5) is 4.39 Å². The molecule has 0 radical (unpaired) electrons. The number of nitrogens with one attached hydrogen (secondary N) is 1. The first-order valence-electron chi connectivity index (χ1n) is 6.55. The van der Waals surface area contributed by atoms with Crippen molar-refractivity contribution in [2.45, 2.75) is 32.7 Å². The van der Waals surface area contributed by atoms with Crippen LogP contribution in [0.1, 0.15) is 25.8 Å². The highest BCUT2D eigenvalue weighted by atomic mass is 19.1. The van der Waals surface area contributed by atoms with Crippen LogP contribution in [-0.4, -0.2) is 25.0 Å². The molecule has 4 nitrogen and oxygen atoms in total. The van der Waals surface area contributed by atoms with Gasteiger partial charge < -0.3 is 10.1 Å². The molecule has 1 atom stereocenters. The molecule has 0 aliphatic rings. The van der Waals surface area contributed by atoms with Gasteiger partial charge >= 0.3 is 5.97 Å². The fraction of sp³-hybridized carbons (Fsp3) is 0.467. The zero-order valence-corrected chi connectivity index (χ0v) is 12.0. The van der Waals surface area contributed by atoms with E-state index in [1.807, 2.05) is 13.8 Å². The molecule has 1 amide bonds. The van der Waals surface area contributed by atoms with E-state index in [0.717, 1.165) is 5.56 Å². The zero-order chi connectivity index (χ0) is 15.1. The molecule has 0 aromatic heterocycles. The Kier molecular flexibility index (Phi) is 6.15. The largest absolute Gasteiger partial charge is 0.467 e. The fourth-order valence-electron chi connectivity index (χ4n) is 1.78. The third kappa shape index (κ3) is 4.99. The maximum atomic E-state index is 12.7. The Balaban J connectivity index is 2.49. The van der Waals surface area contributed by atoms with Crippen LogP contribution >= 0.6 is 0 Å². The van der Waals surface area contributed by atoms with E-state index in [4.69, 9.17) is 0 Å². The molecule has 110 valence electrons. The van der Waals surface area contributed by atoms with Gasteiger partial charge in [0.2, 0.25) is 5.91 Å². The van der Waals surface area contributed by atoms with Crippen molar-refractivity contribution in [2.24, 2.45) is 5.92 Å². The van der Waals surface area contributed by atoms with Gasteiger partial charge in [-0.2, -0.15) is 0 Å². The Morgan fingerprint density at radius 3 is 2.35 bits per heavy atom. The van der Waals surface area contributed by atoms with Crippen LogP contribution in [0.15, 0.2) is 24.3 Å². The Hall–Kier alpha value is -1.91. The van der Waals surface area contributed by atoms with E-state index in [9.17, 15) is 14.0 Å². The number of amides is 1. The minimum atomic E-state index is -0.638. The van der Waals surface area contributed by atoms with Gasteiger partial charge in [-0.3, -0.25) is 4.79 Å². The molecule has 1 rings (SSSR count). The van der Waals surface area contributed by atoms with Crippen molar-refractivity contribution in [3.63, 3.8) is 0 Å². The normalized spacial score (nSPS) is 12.1. The molecule has 0 bridgehead atoms. The average molecular weight is 281 g/mol. The van der Waals surface area contributed by atoms with Crippen molar-refractivity contribution in [1.29, 1.82) is 0 Å². The smallest absolute Gasteiger partial charge is 0.328 e. The molecule has 1 N–H and O–H groups in total. The van der Waals surface area contributed by atoms with Crippen LogP contribution in [0.5, 0.6) is 0 Å². The van der Waals surface area contributed by atoms with Gasteiger partial charge in [-0.05, 0) is 30.0 Å². The van der Waals surface area contributed by atoms with Crippen LogP contribution in [0, 0.1) is 11.7 Å². The summed E-state index contributed by atoms with van der Waals surface area (Å²) < 4.78 is 17.4. The van der Waals surface area contributed by atoms with Gasteiger partial charge in [0.05, 0.1) is 7.11 Å². The molecule has 0 aliphatic carbocycles. The highest BCUT2D eigenvalue weighted by Crippen LogP contribution is 2.07. The second-order valence-corrected chi connectivity index (χ2v) is 4.94. The molecule has 1 unspecified atom stereocenters. The number of benzene rings is 1. The van der Waals surface area contributed by atoms with Crippen molar-refractivity contribution in [3.05, 3.63) is 35.6 Å². The Morgan fingerprint density at radius 2 is 1.85 bits per heavy atom. The van der Waals surface area contributed by atoms with E-state index in [2.05, 4.69) is 10.1 Å². The first-order chi connectivity index (χ1) is 9.43. The van der Waals surface area contributed by atoms with Gasteiger partial charge in [-0.1, -0.05) is 26.0 Å². The summed E-state index contributed by atoms with van der Waals surface area (Å²) in [5.74, 6) is -1.02. The third-order valence-electron chi connectivity index (χ3n) is 2.99. The van der Waals surface area contributed by atoms with Crippen molar-refractivity contribution in [1.82, 2.24) is 5.32 Å².